The zero-order valence-electron chi connectivity index (χ0n) is 14.9. The molecule has 1 aliphatic rings. The molecule has 5 rings (SSSR count). The van der Waals surface area contributed by atoms with Gasteiger partial charge in [0, 0.05) is 29.2 Å². The molecule has 0 aliphatic carbocycles. The number of thioether (sulfide) groups is 1. The molecule has 0 saturated carbocycles. The summed E-state index contributed by atoms with van der Waals surface area (Å²) in [6.45, 7) is 0.888. The average molecular weight is 369 g/mol. The highest BCUT2D eigenvalue weighted by Crippen LogP contribution is 2.48. The van der Waals surface area contributed by atoms with Crippen molar-refractivity contribution in [1.29, 1.82) is 0 Å². The summed E-state index contributed by atoms with van der Waals surface area (Å²) in [7, 11) is 0. The molecule has 1 atom stereocenters. The maximum Gasteiger partial charge on any atom is 0.107 e. The molecule has 0 radical (unpaired) electrons. The number of rotatable bonds is 4. The number of hydrogen-bond donors (Lipinski definition) is 1. The Morgan fingerprint density at radius 1 is 0.815 bits per heavy atom. The SMILES string of the molecule is C1=C(c2ccccc2)N(Cc2ccccc2)C(c2c[nH]c3ccccc23)S1. The van der Waals surface area contributed by atoms with Crippen molar-refractivity contribution in [3.05, 3.63) is 113 Å². The van der Waals surface area contributed by atoms with E-state index in [2.05, 4.69) is 106 Å². The maximum atomic E-state index is 3.44. The van der Waals surface area contributed by atoms with Crippen LogP contribution in [0.25, 0.3) is 16.6 Å². The molecule has 0 spiro atoms. The zero-order valence-corrected chi connectivity index (χ0v) is 15.7. The van der Waals surface area contributed by atoms with E-state index in [0.717, 1.165) is 6.54 Å². The quantitative estimate of drug-likeness (QED) is 0.448. The molecule has 2 heterocycles. The standard InChI is InChI=1S/C24H20N2S/c1-3-9-18(10-4-1)16-26-23(19-11-5-2-6-12-19)17-27-24(26)21-15-25-22-14-8-7-13-20(21)22/h1-15,17,24-25H,16H2. The van der Waals surface area contributed by atoms with Crippen molar-refractivity contribution in [3.8, 4) is 0 Å². The largest absolute Gasteiger partial charge is 0.361 e. The van der Waals surface area contributed by atoms with Crippen molar-refractivity contribution in [2.45, 2.75) is 11.9 Å². The minimum absolute atomic E-state index is 0.261. The van der Waals surface area contributed by atoms with Gasteiger partial charge < -0.3 is 9.88 Å². The third kappa shape index (κ3) is 3.04. The molecule has 0 bridgehead atoms. The number of benzene rings is 3. The maximum absolute atomic E-state index is 3.44. The van der Waals surface area contributed by atoms with Gasteiger partial charge in [-0.05, 0) is 22.6 Å². The Bertz CT molecular complexity index is 1080. The first-order chi connectivity index (χ1) is 13.4. The fourth-order valence-electron chi connectivity index (χ4n) is 3.73. The van der Waals surface area contributed by atoms with Crippen molar-refractivity contribution in [2.24, 2.45) is 0 Å². The lowest BCUT2D eigenvalue weighted by atomic mass is 10.1. The van der Waals surface area contributed by atoms with E-state index >= 15 is 0 Å². The topological polar surface area (TPSA) is 19.0 Å². The van der Waals surface area contributed by atoms with Crippen LogP contribution < -0.4 is 0 Å². The highest BCUT2D eigenvalue weighted by atomic mass is 32.2. The van der Waals surface area contributed by atoms with Crippen molar-refractivity contribution in [3.63, 3.8) is 0 Å². The van der Waals surface area contributed by atoms with Crippen LogP contribution in [-0.2, 0) is 6.54 Å². The number of H-pyrrole nitrogens is 1. The van der Waals surface area contributed by atoms with Gasteiger partial charge in [-0.15, -0.1) is 11.8 Å². The van der Waals surface area contributed by atoms with Crippen molar-refractivity contribution in [1.82, 2.24) is 9.88 Å². The van der Waals surface area contributed by atoms with E-state index in [1.54, 1.807) is 0 Å². The van der Waals surface area contributed by atoms with Crippen LogP contribution in [0.3, 0.4) is 0 Å². The molecule has 1 unspecified atom stereocenters. The average Bonchev–Trinajstić information content (AvgIpc) is 3.33. The lowest BCUT2D eigenvalue weighted by molar-refractivity contribution is 0.382. The van der Waals surface area contributed by atoms with Crippen LogP contribution in [0.15, 0.2) is 96.5 Å². The molecular formula is C24H20N2S. The molecule has 1 aromatic heterocycles. The molecule has 0 amide bonds. The van der Waals surface area contributed by atoms with Gasteiger partial charge in [0.25, 0.3) is 0 Å². The fraction of sp³-hybridized carbons (Fsp3) is 0.0833. The van der Waals surface area contributed by atoms with E-state index in [-0.39, 0.29) is 5.37 Å². The third-order valence-corrected chi connectivity index (χ3v) is 6.18. The molecule has 0 saturated heterocycles. The van der Waals surface area contributed by atoms with Gasteiger partial charge in [0.1, 0.15) is 5.37 Å². The van der Waals surface area contributed by atoms with Crippen LogP contribution >= 0.6 is 11.8 Å². The minimum Gasteiger partial charge on any atom is -0.361 e. The van der Waals surface area contributed by atoms with E-state index in [4.69, 9.17) is 0 Å². The van der Waals surface area contributed by atoms with Crippen LogP contribution in [0.4, 0.5) is 0 Å². The molecule has 132 valence electrons. The first kappa shape index (κ1) is 16.3. The monoisotopic (exact) mass is 368 g/mol. The summed E-state index contributed by atoms with van der Waals surface area (Å²) in [4.78, 5) is 5.96. The van der Waals surface area contributed by atoms with Crippen molar-refractivity contribution in [2.75, 3.05) is 0 Å². The molecule has 2 nitrogen and oxygen atoms in total. The number of nitrogens with one attached hydrogen (secondary N) is 1. The second-order valence-electron chi connectivity index (χ2n) is 6.76. The summed E-state index contributed by atoms with van der Waals surface area (Å²) < 4.78 is 0. The first-order valence-corrected chi connectivity index (χ1v) is 10.1. The van der Waals surface area contributed by atoms with E-state index in [1.807, 2.05) is 11.8 Å². The molecular weight excluding hydrogens is 348 g/mol. The second-order valence-corrected chi connectivity index (χ2v) is 7.72. The first-order valence-electron chi connectivity index (χ1n) is 9.18. The minimum atomic E-state index is 0.261. The molecule has 3 aromatic carbocycles. The highest BCUT2D eigenvalue weighted by molar-refractivity contribution is 8.02. The van der Waals surface area contributed by atoms with Gasteiger partial charge in [-0.3, -0.25) is 0 Å². The van der Waals surface area contributed by atoms with Crippen LogP contribution in [0.2, 0.25) is 0 Å². The summed E-state index contributed by atoms with van der Waals surface area (Å²) in [6.07, 6.45) is 2.17. The summed E-state index contributed by atoms with van der Waals surface area (Å²) in [6, 6.07) is 30.0. The Balaban J connectivity index is 1.57. The number of hydrogen-bond acceptors (Lipinski definition) is 2. The number of aromatic nitrogens is 1. The highest BCUT2D eigenvalue weighted by Gasteiger charge is 2.30. The van der Waals surface area contributed by atoms with Crippen molar-refractivity contribution >= 4 is 28.4 Å². The zero-order chi connectivity index (χ0) is 18.1. The van der Waals surface area contributed by atoms with E-state index in [9.17, 15) is 0 Å². The van der Waals surface area contributed by atoms with Crippen LogP contribution in [0, 0.1) is 0 Å². The summed E-state index contributed by atoms with van der Waals surface area (Å²) in [5, 5.41) is 3.87. The van der Waals surface area contributed by atoms with Gasteiger partial charge >= 0.3 is 0 Å². The third-order valence-electron chi connectivity index (χ3n) is 5.05. The predicted octanol–water partition coefficient (Wildman–Crippen LogP) is 6.41. The summed E-state index contributed by atoms with van der Waals surface area (Å²) >= 11 is 1.89. The van der Waals surface area contributed by atoms with Gasteiger partial charge in [-0.2, -0.15) is 0 Å². The smallest absolute Gasteiger partial charge is 0.107 e. The summed E-state index contributed by atoms with van der Waals surface area (Å²) in [5.74, 6) is 0. The Labute approximate surface area is 163 Å². The normalized spacial score (nSPS) is 16.7. The Kier molecular flexibility index (Phi) is 4.23. The lowest BCUT2D eigenvalue weighted by Crippen LogP contribution is -2.21. The molecule has 0 fully saturated rings. The van der Waals surface area contributed by atoms with Crippen LogP contribution in [-0.4, -0.2) is 9.88 Å². The molecule has 1 N–H and O–H groups in total. The molecule has 4 aromatic rings. The van der Waals surface area contributed by atoms with Crippen LogP contribution in [0.5, 0.6) is 0 Å². The number of nitrogens with zero attached hydrogens (tertiary/aromatic N) is 1. The van der Waals surface area contributed by atoms with E-state index in [0.29, 0.717) is 0 Å². The van der Waals surface area contributed by atoms with Gasteiger partial charge in [0.2, 0.25) is 0 Å². The van der Waals surface area contributed by atoms with E-state index < -0.39 is 0 Å². The van der Waals surface area contributed by atoms with Crippen molar-refractivity contribution < 1.29 is 0 Å². The lowest BCUT2D eigenvalue weighted by Gasteiger charge is -2.29. The predicted molar refractivity (Wildman–Crippen MR) is 115 cm³/mol. The second kappa shape index (κ2) is 7.01. The fourth-order valence-corrected chi connectivity index (χ4v) is 4.93. The number of aromatic amines is 1. The van der Waals surface area contributed by atoms with Gasteiger partial charge in [0.05, 0.1) is 5.70 Å². The molecule has 27 heavy (non-hydrogen) atoms. The Morgan fingerprint density at radius 2 is 1.52 bits per heavy atom. The Hall–Kier alpha value is -2.91. The number of fused-ring (bicyclic) bond motifs is 1. The number of para-hydroxylation sites is 1. The van der Waals surface area contributed by atoms with E-state index in [1.165, 1.54) is 33.3 Å². The van der Waals surface area contributed by atoms with Gasteiger partial charge in [-0.25, -0.2) is 0 Å². The van der Waals surface area contributed by atoms with Gasteiger partial charge in [-0.1, -0.05) is 78.9 Å². The molecule has 1 aliphatic heterocycles. The van der Waals surface area contributed by atoms with Gasteiger partial charge in [0.15, 0.2) is 0 Å². The van der Waals surface area contributed by atoms with Crippen LogP contribution in [0.1, 0.15) is 22.1 Å². The molecule has 3 heteroatoms. The summed E-state index contributed by atoms with van der Waals surface area (Å²) in [5.41, 5.74) is 6.42. The Morgan fingerprint density at radius 3 is 2.33 bits per heavy atom.